The highest BCUT2D eigenvalue weighted by Gasteiger charge is 2.13. The quantitative estimate of drug-likeness (QED) is 0.814. The molecule has 1 rings (SSSR count). The summed E-state index contributed by atoms with van der Waals surface area (Å²) in [5.41, 5.74) is 7.27. The Labute approximate surface area is 103 Å². The zero-order valence-corrected chi connectivity index (χ0v) is 10.7. The second kappa shape index (κ2) is 6.21. The van der Waals surface area contributed by atoms with Gasteiger partial charge in [0.15, 0.2) is 0 Å². The van der Waals surface area contributed by atoms with Crippen LogP contribution in [0.5, 0.6) is 0 Å². The molecule has 0 saturated heterocycles. The number of nitrogens with zero attached hydrogens (tertiary/aromatic N) is 2. The SMILES string of the molecule is Cc1ccnc(NC(CN)CC(C)C)c1C#N. The standard InChI is InChI=1S/C13H20N4/c1-9(2)6-11(7-14)17-13-12(8-15)10(3)4-5-16-13/h4-5,9,11H,6-7,14H2,1-3H3,(H,16,17). The number of nitriles is 1. The highest BCUT2D eigenvalue weighted by Crippen LogP contribution is 2.17. The molecular formula is C13H20N4. The van der Waals surface area contributed by atoms with Gasteiger partial charge >= 0.3 is 0 Å². The number of nitrogens with one attached hydrogen (secondary N) is 1. The number of hydrogen-bond donors (Lipinski definition) is 2. The Bertz CT molecular complexity index is 406. The molecule has 3 N–H and O–H groups in total. The average Bonchev–Trinajstić information content (AvgIpc) is 2.28. The van der Waals surface area contributed by atoms with E-state index in [0.29, 0.717) is 23.8 Å². The fourth-order valence-electron chi connectivity index (χ4n) is 1.79. The van der Waals surface area contributed by atoms with E-state index in [-0.39, 0.29) is 6.04 Å². The van der Waals surface area contributed by atoms with Crippen molar-refractivity contribution in [1.82, 2.24) is 4.98 Å². The molecule has 1 aromatic rings. The number of nitrogens with two attached hydrogens (primary N) is 1. The van der Waals surface area contributed by atoms with Crippen molar-refractivity contribution in [2.75, 3.05) is 11.9 Å². The lowest BCUT2D eigenvalue weighted by molar-refractivity contribution is 0.521. The minimum absolute atomic E-state index is 0.163. The van der Waals surface area contributed by atoms with Gasteiger partial charge in [-0.15, -0.1) is 0 Å². The van der Waals surface area contributed by atoms with Gasteiger partial charge in [-0.05, 0) is 30.9 Å². The lowest BCUT2D eigenvalue weighted by Crippen LogP contribution is -2.31. The van der Waals surface area contributed by atoms with Gasteiger partial charge in [0.25, 0.3) is 0 Å². The summed E-state index contributed by atoms with van der Waals surface area (Å²) in [5, 5.41) is 12.4. The van der Waals surface area contributed by atoms with Crippen LogP contribution in [-0.4, -0.2) is 17.6 Å². The van der Waals surface area contributed by atoms with E-state index in [1.807, 2.05) is 13.0 Å². The topological polar surface area (TPSA) is 74.7 Å². The van der Waals surface area contributed by atoms with Crippen molar-refractivity contribution in [3.63, 3.8) is 0 Å². The summed E-state index contributed by atoms with van der Waals surface area (Å²) in [6.45, 7) is 6.75. The summed E-state index contributed by atoms with van der Waals surface area (Å²) >= 11 is 0. The maximum absolute atomic E-state index is 9.11. The van der Waals surface area contributed by atoms with E-state index in [2.05, 4.69) is 30.2 Å². The van der Waals surface area contributed by atoms with Crippen LogP contribution in [0, 0.1) is 24.2 Å². The Morgan fingerprint density at radius 2 is 2.24 bits per heavy atom. The van der Waals surface area contributed by atoms with Gasteiger partial charge < -0.3 is 11.1 Å². The van der Waals surface area contributed by atoms with Crippen molar-refractivity contribution in [3.05, 3.63) is 23.4 Å². The van der Waals surface area contributed by atoms with E-state index >= 15 is 0 Å². The number of pyridine rings is 1. The van der Waals surface area contributed by atoms with E-state index in [9.17, 15) is 0 Å². The molecule has 0 aliphatic rings. The summed E-state index contributed by atoms with van der Waals surface area (Å²) in [5.74, 6) is 1.20. The Morgan fingerprint density at radius 3 is 2.76 bits per heavy atom. The molecule has 0 fully saturated rings. The molecule has 0 bridgehead atoms. The molecule has 0 aliphatic heterocycles. The van der Waals surface area contributed by atoms with Gasteiger partial charge in [0.05, 0.1) is 5.56 Å². The molecule has 1 atom stereocenters. The summed E-state index contributed by atoms with van der Waals surface area (Å²) in [6.07, 6.45) is 2.68. The molecule has 0 amide bonds. The summed E-state index contributed by atoms with van der Waals surface area (Å²) < 4.78 is 0. The molecule has 1 heterocycles. The number of aromatic nitrogens is 1. The van der Waals surface area contributed by atoms with Crippen LogP contribution < -0.4 is 11.1 Å². The Balaban J connectivity index is 2.87. The van der Waals surface area contributed by atoms with Crippen molar-refractivity contribution in [3.8, 4) is 6.07 Å². The maximum atomic E-state index is 9.11. The first kappa shape index (κ1) is 13.5. The molecule has 0 aromatic carbocycles. The van der Waals surface area contributed by atoms with Crippen LogP contribution >= 0.6 is 0 Å². The van der Waals surface area contributed by atoms with Gasteiger partial charge in [0.1, 0.15) is 11.9 Å². The number of hydrogen-bond acceptors (Lipinski definition) is 4. The number of aryl methyl sites for hydroxylation is 1. The van der Waals surface area contributed by atoms with Gasteiger partial charge in [0.2, 0.25) is 0 Å². The molecule has 1 aromatic heterocycles. The van der Waals surface area contributed by atoms with Gasteiger partial charge in [0, 0.05) is 18.8 Å². The van der Waals surface area contributed by atoms with Gasteiger partial charge in [-0.2, -0.15) is 5.26 Å². The van der Waals surface area contributed by atoms with E-state index in [1.165, 1.54) is 0 Å². The van der Waals surface area contributed by atoms with Crippen LogP contribution in [0.1, 0.15) is 31.4 Å². The van der Waals surface area contributed by atoms with Crippen molar-refractivity contribution < 1.29 is 0 Å². The maximum Gasteiger partial charge on any atom is 0.144 e. The Hall–Kier alpha value is -1.60. The fourth-order valence-corrected chi connectivity index (χ4v) is 1.79. The molecule has 0 spiro atoms. The van der Waals surface area contributed by atoms with Gasteiger partial charge in [-0.3, -0.25) is 0 Å². The van der Waals surface area contributed by atoms with Crippen molar-refractivity contribution >= 4 is 5.82 Å². The van der Waals surface area contributed by atoms with Gasteiger partial charge in [-0.1, -0.05) is 13.8 Å². The second-order valence-corrected chi connectivity index (χ2v) is 4.67. The van der Waals surface area contributed by atoms with E-state index in [4.69, 9.17) is 11.0 Å². The third-order valence-electron chi connectivity index (χ3n) is 2.65. The monoisotopic (exact) mass is 232 g/mol. The van der Waals surface area contributed by atoms with Crippen molar-refractivity contribution in [2.24, 2.45) is 11.7 Å². The summed E-state index contributed by atoms with van der Waals surface area (Å²) in [4.78, 5) is 4.22. The largest absolute Gasteiger partial charge is 0.365 e. The minimum atomic E-state index is 0.163. The van der Waals surface area contributed by atoms with Crippen LogP contribution in [0.4, 0.5) is 5.82 Å². The molecule has 4 nitrogen and oxygen atoms in total. The predicted molar refractivity (Wildman–Crippen MR) is 69.6 cm³/mol. The molecular weight excluding hydrogens is 212 g/mol. The first-order chi connectivity index (χ1) is 8.08. The number of rotatable bonds is 5. The lowest BCUT2D eigenvalue weighted by atomic mass is 10.0. The third kappa shape index (κ3) is 3.72. The molecule has 0 radical (unpaired) electrons. The van der Waals surface area contributed by atoms with E-state index in [1.54, 1.807) is 6.20 Å². The third-order valence-corrected chi connectivity index (χ3v) is 2.65. The molecule has 17 heavy (non-hydrogen) atoms. The van der Waals surface area contributed by atoms with Crippen LogP contribution in [0.3, 0.4) is 0 Å². The zero-order valence-electron chi connectivity index (χ0n) is 10.7. The normalized spacial score (nSPS) is 12.2. The van der Waals surface area contributed by atoms with Gasteiger partial charge in [-0.25, -0.2) is 4.98 Å². The second-order valence-electron chi connectivity index (χ2n) is 4.67. The minimum Gasteiger partial charge on any atom is -0.365 e. The van der Waals surface area contributed by atoms with Crippen molar-refractivity contribution in [1.29, 1.82) is 5.26 Å². The first-order valence-electron chi connectivity index (χ1n) is 5.90. The van der Waals surface area contributed by atoms with Crippen LogP contribution in [-0.2, 0) is 0 Å². The summed E-state index contributed by atoms with van der Waals surface area (Å²) in [7, 11) is 0. The van der Waals surface area contributed by atoms with Crippen LogP contribution in [0.25, 0.3) is 0 Å². The highest BCUT2D eigenvalue weighted by atomic mass is 15.0. The Kier molecular flexibility index (Phi) is 4.92. The lowest BCUT2D eigenvalue weighted by Gasteiger charge is -2.20. The summed E-state index contributed by atoms with van der Waals surface area (Å²) in [6, 6.07) is 4.18. The molecule has 0 saturated carbocycles. The Morgan fingerprint density at radius 1 is 1.53 bits per heavy atom. The van der Waals surface area contributed by atoms with Crippen molar-refractivity contribution in [2.45, 2.75) is 33.2 Å². The predicted octanol–water partition coefficient (Wildman–Crippen LogP) is 2.05. The highest BCUT2D eigenvalue weighted by molar-refractivity contribution is 5.55. The van der Waals surface area contributed by atoms with E-state index in [0.717, 1.165) is 12.0 Å². The molecule has 92 valence electrons. The average molecular weight is 232 g/mol. The van der Waals surface area contributed by atoms with Crippen LogP contribution in [0.15, 0.2) is 12.3 Å². The van der Waals surface area contributed by atoms with E-state index < -0.39 is 0 Å². The molecule has 4 heteroatoms. The first-order valence-corrected chi connectivity index (χ1v) is 5.90. The molecule has 0 aliphatic carbocycles. The van der Waals surface area contributed by atoms with Crippen LogP contribution in [0.2, 0.25) is 0 Å². The zero-order chi connectivity index (χ0) is 12.8. The fraction of sp³-hybridized carbons (Fsp3) is 0.538. The number of anilines is 1. The smallest absolute Gasteiger partial charge is 0.144 e. The molecule has 1 unspecified atom stereocenters.